The number of hydrogen-bond acceptors (Lipinski definition) is 4. The maximum atomic E-state index is 11.6. The molecule has 0 bridgehead atoms. The van der Waals surface area contributed by atoms with E-state index in [1.165, 1.54) is 20.6 Å². The molecule has 0 fully saturated rings. The summed E-state index contributed by atoms with van der Waals surface area (Å²) in [7, 11) is 2.52. The Bertz CT molecular complexity index is 315. The molecule has 0 aromatic carbocycles. The fourth-order valence-electron chi connectivity index (χ4n) is 1.71. The van der Waals surface area contributed by atoms with E-state index in [0.29, 0.717) is 0 Å². The predicted octanol–water partition coefficient (Wildman–Crippen LogP) is 3.03. The molecule has 0 saturated heterocycles. The van der Waals surface area contributed by atoms with Gasteiger partial charge in [0.05, 0.1) is 14.2 Å². The van der Waals surface area contributed by atoms with Gasteiger partial charge in [-0.15, -0.1) is 0 Å². The van der Waals surface area contributed by atoms with E-state index in [1.807, 2.05) is 6.08 Å². The molecule has 108 valence electrons. The average molecular weight is 268 g/mol. The van der Waals surface area contributed by atoms with Crippen molar-refractivity contribution in [1.29, 1.82) is 0 Å². The first kappa shape index (κ1) is 17.4. The molecule has 0 spiro atoms. The number of carbonyl (C=O) groups excluding carboxylic acids is 2. The average Bonchev–Trinajstić information content (AvgIpc) is 2.45. The van der Waals surface area contributed by atoms with Crippen molar-refractivity contribution in [3.8, 4) is 0 Å². The second kappa shape index (κ2) is 10.4. The largest absolute Gasteiger partial charge is 0.468 e. The lowest BCUT2D eigenvalue weighted by Crippen LogP contribution is -2.26. The molecule has 19 heavy (non-hydrogen) atoms. The Hall–Kier alpha value is -1.58. The molecule has 0 heterocycles. The number of hydrogen-bond donors (Lipinski definition) is 0. The van der Waals surface area contributed by atoms with Crippen molar-refractivity contribution in [1.82, 2.24) is 0 Å². The standard InChI is InChI=1S/C15H24O4/c1-5-7-8-9-10-12(6-2)11-13(14(16)18-3)15(17)19-4/h6,10,13H,2,5,7-9,11H2,1,3-4H3/b12-10+. The molecular weight excluding hydrogens is 244 g/mol. The van der Waals surface area contributed by atoms with Crippen molar-refractivity contribution in [2.24, 2.45) is 5.92 Å². The SMILES string of the molecule is C=C/C(=C\CCCCC)CC(C(=O)OC)C(=O)OC. The van der Waals surface area contributed by atoms with Crippen LogP contribution >= 0.6 is 0 Å². The van der Waals surface area contributed by atoms with Gasteiger partial charge in [-0.1, -0.05) is 44.1 Å². The second-order valence-electron chi connectivity index (χ2n) is 4.28. The first-order chi connectivity index (χ1) is 9.10. The van der Waals surface area contributed by atoms with E-state index in [1.54, 1.807) is 6.08 Å². The van der Waals surface area contributed by atoms with Crippen molar-refractivity contribution < 1.29 is 19.1 Å². The summed E-state index contributed by atoms with van der Waals surface area (Å²) in [5, 5.41) is 0. The molecule has 0 unspecified atom stereocenters. The minimum absolute atomic E-state index is 0.273. The molecular formula is C15H24O4. The van der Waals surface area contributed by atoms with E-state index in [-0.39, 0.29) is 6.42 Å². The van der Waals surface area contributed by atoms with Crippen LogP contribution in [0.1, 0.15) is 39.0 Å². The Morgan fingerprint density at radius 2 is 1.74 bits per heavy atom. The fraction of sp³-hybridized carbons (Fsp3) is 0.600. The van der Waals surface area contributed by atoms with Gasteiger partial charge in [-0.2, -0.15) is 0 Å². The van der Waals surface area contributed by atoms with Gasteiger partial charge in [0, 0.05) is 0 Å². The number of allylic oxidation sites excluding steroid dienone is 3. The molecule has 0 aliphatic rings. The molecule has 0 amide bonds. The van der Waals surface area contributed by atoms with Crippen molar-refractivity contribution in [3.05, 3.63) is 24.3 Å². The van der Waals surface area contributed by atoms with Gasteiger partial charge in [-0.05, 0) is 19.3 Å². The molecule has 0 aliphatic carbocycles. The molecule has 0 N–H and O–H groups in total. The summed E-state index contributed by atoms with van der Waals surface area (Å²) in [4.78, 5) is 23.1. The third-order valence-corrected chi connectivity index (χ3v) is 2.89. The molecule has 0 atom stereocenters. The smallest absolute Gasteiger partial charge is 0.320 e. The summed E-state index contributed by atoms with van der Waals surface area (Å²) in [5.41, 5.74) is 0.872. The highest BCUT2D eigenvalue weighted by molar-refractivity contribution is 5.95. The monoisotopic (exact) mass is 268 g/mol. The van der Waals surface area contributed by atoms with Gasteiger partial charge in [0.1, 0.15) is 0 Å². The summed E-state index contributed by atoms with van der Waals surface area (Å²) in [6, 6.07) is 0. The van der Waals surface area contributed by atoms with Crippen LogP contribution in [-0.4, -0.2) is 26.2 Å². The maximum Gasteiger partial charge on any atom is 0.320 e. The number of carbonyl (C=O) groups is 2. The topological polar surface area (TPSA) is 52.6 Å². The van der Waals surface area contributed by atoms with Crippen molar-refractivity contribution in [3.63, 3.8) is 0 Å². The van der Waals surface area contributed by atoms with Gasteiger partial charge in [-0.3, -0.25) is 9.59 Å². The van der Waals surface area contributed by atoms with Crippen LogP contribution in [0, 0.1) is 5.92 Å². The first-order valence-corrected chi connectivity index (χ1v) is 6.57. The quantitative estimate of drug-likeness (QED) is 0.279. The summed E-state index contributed by atoms with van der Waals surface area (Å²) < 4.78 is 9.24. The van der Waals surface area contributed by atoms with Crippen LogP contribution in [0.25, 0.3) is 0 Å². The van der Waals surface area contributed by atoms with Crippen LogP contribution < -0.4 is 0 Å². The molecule has 0 rings (SSSR count). The number of rotatable bonds is 9. The third kappa shape index (κ3) is 6.79. The highest BCUT2D eigenvalue weighted by atomic mass is 16.5. The Morgan fingerprint density at radius 1 is 1.16 bits per heavy atom. The van der Waals surface area contributed by atoms with Crippen LogP contribution in [0.4, 0.5) is 0 Å². The molecule has 0 aliphatic heterocycles. The van der Waals surface area contributed by atoms with Gasteiger partial charge >= 0.3 is 11.9 Å². The summed E-state index contributed by atoms with van der Waals surface area (Å²) in [5.74, 6) is -2.06. The van der Waals surface area contributed by atoms with Gasteiger partial charge in [0.25, 0.3) is 0 Å². The van der Waals surface area contributed by atoms with E-state index >= 15 is 0 Å². The molecule has 0 aromatic heterocycles. The summed E-state index contributed by atoms with van der Waals surface area (Å²) >= 11 is 0. The Labute approximate surface area is 115 Å². The van der Waals surface area contributed by atoms with Crippen molar-refractivity contribution >= 4 is 11.9 Å². The van der Waals surface area contributed by atoms with Crippen LogP contribution in [0.2, 0.25) is 0 Å². The molecule has 0 aromatic rings. The van der Waals surface area contributed by atoms with Crippen LogP contribution in [0.3, 0.4) is 0 Å². The number of unbranched alkanes of at least 4 members (excludes halogenated alkanes) is 3. The zero-order valence-electron chi connectivity index (χ0n) is 12.1. The van der Waals surface area contributed by atoms with Gasteiger partial charge < -0.3 is 9.47 Å². The van der Waals surface area contributed by atoms with Crippen LogP contribution in [0.5, 0.6) is 0 Å². The van der Waals surface area contributed by atoms with E-state index in [4.69, 9.17) is 0 Å². The lowest BCUT2D eigenvalue weighted by Gasteiger charge is -2.12. The number of ether oxygens (including phenoxy) is 2. The number of methoxy groups -OCH3 is 2. The van der Waals surface area contributed by atoms with Gasteiger partial charge in [-0.25, -0.2) is 0 Å². The molecule has 0 radical (unpaired) electrons. The molecule has 4 nitrogen and oxygen atoms in total. The maximum absolute atomic E-state index is 11.6. The van der Waals surface area contributed by atoms with E-state index in [0.717, 1.165) is 24.8 Å². The minimum Gasteiger partial charge on any atom is -0.468 e. The molecule has 0 saturated carbocycles. The lowest BCUT2D eigenvalue weighted by molar-refractivity contribution is -0.158. The predicted molar refractivity (Wildman–Crippen MR) is 74.6 cm³/mol. The normalized spacial score (nSPS) is 11.3. The van der Waals surface area contributed by atoms with Crippen LogP contribution in [0.15, 0.2) is 24.3 Å². The van der Waals surface area contributed by atoms with Gasteiger partial charge in [0.2, 0.25) is 0 Å². The molecule has 4 heteroatoms. The Morgan fingerprint density at radius 3 is 2.16 bits per heavy atom. The number of esters is 2. The Kier molecular flexibility index (Phi) is 9.49. The zero-order chi connectivity index (χ0) is 14.7. The fourth-order valence-corrected chi connectivity index (χ4v) is 1.71. The minimum atomic E-state index is -0.912. The first-order valence-electron chi connectivity index (χ1n) is 6.57. The highest BCUT2D eigenvalue weighted by Crippen LogP contribution is 2.17. The third-order valence-electron chi connectivity index (χ3n) is 2.89. The van der Waals surface area contributed by atoms with Crippen molar-refractivity contribution in [2.45, 2.75) is 39.0 Å². The van der Waals surface area contributed by atoms with Crippen LogP contribution in [-0.2, 0) is 19.1 Å². The van der Waals surface area contributed by atoms with E-state index in [2.05, 4.69) is 23.0 Å². The van der Waals surface area contributed by atoms with Gasteiger partial charge in [0.15, 0.2) is 5.92 Å². The highest BCUT2D eigenvalue weighted by Gasteiger charge is 2.28. The summed E-state index contributed by atoms with van der Waals surface area (Å²) in [6.45, 7) is 5.85. The van der Waals surface area contributed by atoms with Crippen molar-refractivity contribution in [2.75, 3.05) is 14.2 Å². The second-order valence-corrected chi connectivity index (χ2v) is 4.28. The summed E-state index contributed by atoms with van der Waals surface area (Å²) in [6.07, 6.45) is 8.29. The lowest BCUT2D eigenvalue weighted by atomic mass is 9.98. The van der Waals surface area contributed by atoms with E-state index in [9.17, 15) is 9.59 Å². The zero-order valence-corrected chi connectivity index (χ0v) is 12.1. The van der Waals surface area contributed by atoms with E-state index < -0.39 is 17.9 Å². The Balaban J connectivity index is 4.64.